The highest BCUT2D eigenvalue weighted by atomic mass is 16.2. The average Bonchev–Trinajstić information content (AvgIpc) is 2.81. The monoisotopic (exact) mass is 311 g/mol. The van der Waals surface area contributed by atoms with E-state index in [1.807, 2.05) is 45.0 Å². The van der Waals surface area contributed by atoms with E-state index in [0.29, 0.717) is 11.5 Å². The Bertz CT molecular complexity index is 968. The zero-order chi connectivity index (χ0) is 16.7. The van der Waals surface area contributed by atoms with Crippen LogP contribution >= 0.6 is 0 Å². The van der Waals surface area contributed by atoms with Crippen molar-refractivity contribution in [3.8, 4) is 11.4 Å². The van der Waals surface area contributed by atoms with Gasteiger partial charge in [-0.1, -0.05) is 23.8 Å². The Hall–Kier alpha value is -2.96. The number of nitrogens with two attached hydrogens (primary N) is 1. The molecule has 0 saturated carbocycles. The molecule has 0 unspecified atom stereocenters. The molecule has 0 aliphatic heterocycles. The molecule has 0 spiro atoms. The van der Waals surface area contributed by atoms with Crippen molar-refractivity contribution in [2.75, 3.05) is 0 Å². The molecule has 7 heteroatoms. The number of carbonyl (C=O) groups is 1. The van der Waals surface area contributed by atoms with Gasteiger partial charge < -0.3 is 10.7 Å². The lowest BCUT2D eigenvalue weighted by Crippen LogP contribution is -2.18. The first-order valence-electron chi connectivity index (χ1n) is 7.27. The van der Waals surface area contributed by atoms with E-state index in [1.54, 1.807) is 0 Å². The van der Waals surface area contributed by atoms with Crippen molar-refractivity contribution >= 4 is 17.1 Å². The first-order chi connectivity index (χ1) is 10.9. The van der Waals surface area contributed by atoms with Gasteiger partial charge in [-0.15, -0.1) is 0 Å². The smallest absolute Gasteiger partial charge is 0.327 e. The predicted octanol–water partition coefficient (Wildman–Crippen LogP) is 1.77. The molecule has 3 aromatic rings. The lowest BCUT2D eigenvalue weighted by atomic mass is 10.1. The molecule has 3 N–H and O–H groups in total. The zero-order valence-corrected chi connectivity index (χ0v) is 13.1. The summed E-state index contributed by atoms with van der Waals surface area (Å²) in [4.78, 5) is 35.3. The van der Waals surface area contributed by atoms with Crippen molar-refractivity contribution in [2.24, 2.45) is 5.73 Å². The fraction of sp³-hybridized carbons (Fsp3) is 0.250. The van der Waals surface area contributed by atoms with Crippen molar-refractivity contribution in [3.05, 3.63) is 46.0 Å². The van der Waals surface area contributed by atoms with Crippen LogP contribution < -0.4 is 11.4 Å². The minimum Gasteiger partial charge on any atom is -0.364 e. The third-order valence-electron chi connectivity index (χ3n) is 3.59. The summed E-state index contributed by atoms with van der Waals surface area (Å²) in [7, 11) is 0. The lowest BCUT2D eigenvalue weighted by molar-refractivity contribution is 0.0997. The minimum absolute atomic E-state index is 0.0167. The molecular weight excluding hydrogens is 294 g/mol. The number of hydrogen-bond acceptors (Lipinski definition) is 4. The number of hydrogen-bond donors (Lipinski definition) is 2. The molecule has 118 valence electrons. The number of primary amides is 1. The number of H-pyrrole nitrogens is 1. The van der Waals surface area contributed by atoms with E-state index in [9.17, 15) is 9.59 Å². The molecule has 0 saturated heterocycles. The fourth-order valence-electron chi connectivity index (χ4n) is 2.57. The van der Waals surface area contributed by atoms with E-state index in [4.69, 9.17) is 5.73 Å². The number of benzene rings is 1. The summed E-state index contributed by atoms with van der Waals surface area (Å²) in [5.74, 6) is -0.341. The number of nitrogens with zero attached hydrogens (tertiary/aromatic N) is 3. The third kappa shape index (κ3) is 2.50. The number of nitrogens with one attached hydrogen (secondary N) is 1. The van der Waals surface area contributed by atoms with E-state index in [2.05, 4.69) is 15.0 Å². The maximum Gasteiger partial charge on any atom is 0.327 e. The van der Waals surface area contributed by atoms with Crippen LogP contribution in [0.2, 0.25) is 0 Å². The number of aromatic amines is 1. The summed E-state index contributed by atoms with van der Waals surface area (Å²) in [5.41, 5.74) is 7.57. The van der Waals surface area contributed by atoms with Crippen molar-refractivity contribution in [2.45, 2.75) is 26.8 Å². The second-order valence-electron chi connectivity index (χ2n) is 5.72. The normalized spacial score (nSPS) is 11.3. The first-order valence-corrected chi connectivity index (χ1v) is 7.27. The van der Waals surface area contributed by atoms with E-state index in [0.717, 1.165) is 11.1 Å². The molecule has 0 aliphatic carbocycles. The molecule has 23 heavy (non-hydrogen) atoms. The summed E-state index contributed by atoms with van der Waals surface area (Å²) < 4.78 is 1.49. The lowest BCUT2D eigenvalue weighted by Gasteiger charge is -2.08. The Morgan fingerprint density at radius 3 is 2.65 bits per heavy atom. The molecule has 1 aromatic carbocycles. The quantitative estimate of drug-likeness (QED) is 0.768. The van der Waals surface area contributed by atoms with Crippen LogP contribution in [0.4, 0.5) is 0 Å². The van der Waals surface area contributed by atoms with Crippen molar-refractivity contribution in [1.29, 1.82) is 0 Å². The first kappa shape index (κ1) is 15.0. The SMILES string of the molecule is Cc1cccc(-c2nc(C(N)=O)c3[nH]c(=O)n(C(C)C)c3n2)c1. The highest BCUT2D eigenvalue weighted by Gasteiger charge is 2.20. The van der Waals surface area contributed by atoms with E-state index < -0.39 is 5.91 Å². The molecule has 3 rings (SSSR count). The van der Waals surface area contributed by atoms with Crippen molar-refractivity contribution < 1.29 is 4.79 Å². The summed E-state index contributed by atoms with van der Waals surface area (Å²) in [6, 6.07) is 7.49. The number of imidazole rings is 1. The largest absolute Gasteiger partial charge is 0.364 e. The van der Waals surface area contributed by atoms with Crippen LogP contribution in [0.1, 0.15) is 35.9 Å². The van der Waals surface area contributed by atoms with Gasteiger partial charge in [0.05, 0.1) is 0 Å². The molecule has 7 nitrogen and oxygen atoms in total. The number of amides is 1. The highest BCUT2D eigenvalue weighted by molar-refractivity contribution is 6.01. The topological polar surface area (TPSA) is 107 Å². The second kappa shape index (κ2) is 5.35. The van der Waals surface area contributed by atoms with Crippen LogP contribution in [-0.4, -0.2) is 25.4 Å². The van der Waals surface area contributed by atoms with Crippen LogP contribution in [0.15, 0.2) is 29.1 Å². The molecule has 2 heterocycles. The number of fused-ring (bicyclic) bond motifs is 1. The molecule has 0 aliphatic rings. The van der Waals surface area contributed by atoms with Gasteiger partial charge in [-0.25, -0.2) is 14.8 Å². The van der Waals surface area contributed by atoms with Crippen molar-refractivity contribution in [1.82, 2.24) is 19.5 Å². The summed E-state index contributed by atoms with van der Waals surface area (Å²) >= 11 is 0. The maximum absolute atomic E-state index is 12.1. The van der Waals surface area contributed by atoms with Gasteiger partial charge in [0, 0.05) is 11.6 Å². The molecule has 1 amide bonds. The Morgan fingerprint density at radius 1 is 1.30 bits per heavy atom. The molecular formula is C16H17N5O2. The Morgan fingerprint density at radius 2 is 2.04 bits per heavy atom. The van der Waals surface area contributed by atoms with Gasteiger partial charge in [0.2, 0.25) is 0 Å². The Balaban J connectivity index is 2.39. The number of rotatable bonds is 3. The second-order valence-corrected chi connectivity index (χ2v) is 5.72. The third-order valence-corrected chi connectivity index (χ3v) is 3.59. The van der Waals surface area contributed by atoms with Crippen LogP contribution in [0.5, 0.6) is 0 Å². The van der Waals surface area contributed by atoms with Crippen LogP contribution in [0.3, 0.4) is 0 Å². The van der Waals surface area contributed by atoms with E-state index in [1.165, 1.54) is 4.57 Å². The van der Waals surface area contributed by atoms with Crippen LogP contribution in [-0.2, 0) is 0 Å². The summed E-state index contributed by atoms with van der Waals surface area (Å²) in [6.45, 7) is 5.69. The van der Waals surface area contributed by atoms with Crippen molar-refractivity contribution in [3.63, 3.8) is 0 Å². The standard InChI is InChI=1S/C16H17N5O2/c1-8(2)21-15-12(19-16(21)23)11(13(17)22)18-14(20-15)10-6-4-5-9(3)7-10/h4-8H,1-3H3,(H2,17,22)(H,19,23). The Labute approximate surface area is 132 Å². The molecule has 2 aromatic heterocycles. The summed E-state index contributed by atoms with van der Waals surface area (Å²) in [5, 5.41) is 0. The number of carbonyl (C=O) groups excluding carboxylic acids is 1. The van der Waals surface area contributed by atoms with Gasteiger partial charge in [0.25, 0.3) is 5.91 Å². The van der Waals surface area contributed by atoms with Gasteiger partial charge in [-0.3, -0.25) is 9.36 Å². The molecule has 0 fully saturated rings. The minimum atomic E-state index is -0.705. The Kier molecular flexibility index (Phi) is 3.48. The summed E-state index contributed by atoms with van der Waals surface area (Å²) in [6.07, 6.45) is 0. The zero-order valence-electron chi connectivity index (χ0n) is 13.1. The van der Waals surface area contributed by atoms with Crippen LogP contribution in [0, 0.1) is 6.92 Å². The number of aryl methyl sites for hydroxylation is 1. The number of aromatic nitrogens is 4. The van der Waals surface area contributed by atoms with Gasteiger partial charge in [0.1, 0.15) is 5.52 Å². The van der Waals surface area contributed by atoms with E-state index >= 15 is 0 Å². The van der Waals surface area contributed by atoms with Gasteiger partial charge in [-0.2, -0.15) is 0 Å². The van der Waals surface area contributed by atoms with Gasteiger partial charge in [-0.05, 0) is 26.8 Å². The molecule has 0 bridgehead atoms. The van der Waals surface area contributed by atoms with Crippen LogP contribution in [0.25, 0.3) is 22.6 Å². The highest BCUT2D eigenvalue weighted by Crippen LogP contribution is 2.22. The molecule has 0 atom stereocenters. The predicted molar refractivity (Wildman–Crippen MR) is 87.2 cm³/mol. The fourth-order valence-corrected chi connectivity index (χ4v) is 2.57. The van der Waals surface area contributed by atoms with E-state index in [-0.39, 0.29) is 22.9 Å². The molecule has 0 radical (unpaired) electrons. The van der Waals surface area contributed by atoms with Gasteiger partial charge >= 0.3 is 5.69 Å². The maximum atomic E-state index is 12.1. The average molecular weight is 311 g/mol. The van der Waals surface area contributed by atoms with Gasteiger partial charge in [0.15, 0.2) is 17.2 Å².